The third kappa shape index (κ3) is 3.82. The number of furan rings is 2. The average molecular weight is 643 g/mol. The molecule has 228 valence electrons. The maximum Gasteiger partial charge on any atom is 0.139 e. The second-order valence-electron chi connectivity index (χ2n) is 12.8. The molecule has 0 bridgehead atoms. The summed E-state index contributed by atoms with van der Waals surface area (Å²) in [5.74, 6) is 0. The van der Waals surface area contributed by atoms with E-state index in [4.69, 9.17) is 8.83 Å². The van der Waals surface area contributed by atoms with E-state index < -0.39 is 0 Å². The fraction of sp³-hybridized carbons (Fsp3) is 0. The van der Waals surface area contributed by atoms with E-state index in [1.807, 2.05) is 6.07 Å². The van der Waals surface area contributed by atoms with Crippen molar-refractivity contribution in [1.29, 1.82) is 0 Å². The summed E-state index contributed by atoms with van der Waals surface area (Å²) in [4.78, 5) is 0. The lowest BCUT2D eigenvalue weighted by atomic mass is 9.83. The number of benzene rings is 8. The van der Waals surface area contributed by atoms with Crippen molar-refractivity contribution in [3.63, 3.8) is 0 Å². The second kappa shape index (κ2) is 10.2. The minimum absolute atomic E-state index is 0.821. The zero-order valence-corrected chi connectivity index (χ0v) is 27.1. The minimum Gasteiger partial charge on any atom is -0.456 e. The van der Waals surface area contributed by atoms with Gasteiger partial charge in [0.05, 0.1) is 0 Å². The van der Waals surface area contributed by atoms with Gasteiger partial charge in [0, 0.05) is 43.3 Å². The van der Waals surface area contributed by atoms with Crippen LogP contribution in [-0.4, -0.2) is 0 Å². The van der Waals surface area contributed by atoms with Crippen LogP contribution in [0.4, 0.5) is 0 Å². The molecule has 3 heterocycles. The molecule has 49 heavy (non-hydrogen) atoms. The van der Waals surface area contributed by atoms with Crippen LogP contribution in [0.15, 0.2) is 166 Å². The molecule has 0 N–H and O–H groups in total. The van der Waals surface area contributed by atoms with E-state index in [-0.39, 0.29) is 0 Å². The van der Waals surface area contributed by atoms with E-state index in [0.29, 0.717) is 0 Å². The van der Waals surface area contributed by atoms with Crippen molar-refractivity contribution < 1.29 is 8.83 Å². The first-order chi connectivity index (χ1) is 24.3. The Kier molecular flexibility index (Phi) is 5.57. The smallest absolute Gasteiger partial charge is 0.139 e. The Morgan fingerprint density at radius 1 is 0.347 bits per heavy atom. The predicted molar refractivity (Wildman–Crippen MR) is 208 cm³/mol. The maximum atomic E-state index is 6.71. The standard InChI is InChI=1S/C46H26O2S/c1-2-11-27(12-3-1)28-21-22-38-36(25-28)45-40(48-38)26-39-44(35-17-8-9-19-37(35)47-39)46(45)43-33-15-6-4-13-31(33)42(32-14-5-7-16-34(32)43)30-18-10-20-41-29(30)23-24-49-41/h1-26H. The van der Waals surface area contributed by atoms with Gasteiger partial charge < -0.3 is 8.83 Å². The molecule has 0 saturated carbocycles. The summed E-state index contributed by atoms with van der Waals surface area (Å²) < 4.78 is 14.6. The molecule has 3 heteroatoms. The molecule has 0 amide bonds. The third-order valence-corrected chi connectivity index (χ3v) is 11.0. The van der Waals surface area contributed by atoms with Crippen molar-refractivity contribution in [3.05, 3.63) is 157 Å². The first-order valence-electron chi connectivity index (χ1n) is 16.6. The quantitative estimate of drug-likeness (QED) is 0.179. The molecular weight excluding hydrogens is 617 g/mol. The van der Waals surface area contributed by atoms with Crippen LogP contribution in [-0.2, 0) is 0 Å². The van der Waals surface area contributed by atoms with Crippen molar-refractivity contribution >= 4 is 86.8 Å². The largest absolute Gasteiger partial charge is 0.456 e. The van der Waals surface area contributed by atoms with Crippen LogP contribution >= 0.6 is 11.3 Å². The molecule has 0 saturated heterocycles. The normalized spacial score (nSPS) is 12.1. The summed E-state index contributed by atoms with van der Waals surface area (Å²) in [5.41, 5.74) is 10.6. The zero-order valence-electron chi connectivity index (χ0n) is 26.2. The number of fused-ring (bicyclic) bond motifs is 9. The Bertz CT molecular complexity index is 3050. The maximum absolute atomic E-state index is 6.71. The Hall–Kier alpha value is -6.16. The summed E-state index contributed by atoms with van der Waals surface area (Å²) in [5, 5.41) is 12.8. The van der Waals surface area contributed by atoms with E-state index in [1.54, 1.807) is 11.3 Å². The summed E-state index contributed by atoms with van der Waals surface area (Å²) >= 11 is 1.79. The van der Waals surface area contributed by atoms with Crippen molar-refractivity contribution in [2.45, 2.75) is 0 Å². The highest BCUT2D eigenvalue weighted by atomic mass is 32.1. The van der Waals surface area contributed by atoms with Gasteiger partial charge in [-0.25, -0.2) is 0 Å². The van der Waals surface area contributed by atoms with E-state index in [0.717, 1.165) is 55.0 Å². The monoisotopic (exact) mass is 642 g/mol. The summed E-state index contributed by atoms with van der Waals surface area (Å²) in [6.45, 7) is 0. The van der Waals surface area contributed by atoms with Gasteiger partial charge in [0.1, 0.15) is 22.3 Å². The van der Waals surface area contributed by atoms with Crippen LogP contribution in [0.1, 0.15) is 0 Å². The fourth-order valence-corrected chi connectivity index (χ4v) is 8.92. The molecule has 8 aromatic carbocycles. The molecule has 11 rings (SSSR count). The highest BCUT2D eigenvalue weighted by Gasteiger charge is 2.26. The molecule has 0 aliphatic carbocycles. The lowest BCUT2D eigenvalue weighted by Gasteiger charge is -2.19. The van der Waals surface area contributed by atoms with Crippen molar-refractivity contribution in [2.24, 2.45) is 0 Å². The van der Waals surface area contributed by atoms with Gasteiger partial charge in [0.15, 0.2) is 0 Å². The molecule has 0 atom stereocenters. The second-order valence-corrected chi connectivity index (χ2v) is 13.7. The number of thiophene rings is 1. The molecule has 11 aromatic rings. The van der Waals surface area contributed by atoms with Gasteiger partial charge in [-0.3, -0.25) is 0 Å². The first-order valence-corrected chi connectivity index (χ1v) is 17.5. The molecule has 0 aliphatic heterocycles. The SMILES string of the molecule is c1ccc(-c2ccc3oc4cc5oc6ccccc6c5c(-c5c6ccccc6c(-c6cccc7sccc67)c6ccccc56)c4c3c2)cc1. The van der Waals surface area contributed by atoms with Crippen molar-refractivity contribution in [1.82, 2.24) is 0 Å². The highest BCUT2D eigenvalue weighted by Crippen LogP contribution is 2.52. The minimum atomic E-state index is 0.821. The number of hydrogen-bond acceptors (Lipinski definition) is 3. The molecule has 2 nitrogen and oxygen atoms in total. The van der Waals surface area contributed by atoms with Crippen LogP contribution in [0.5, 0.6) is 0 Å². The number of rotatable bonds is 3. The Morgan fingerprint density at radius 2 is 0.959 bits per heavy atom. The molecule has 0 radical (unpaired) electrons. The molecule has 0 unspecified atom stereocenters. The lowest BCUT2D eigenvalue weighted by Crippen LogP contribution is -1.92. The van der Waals surface area contributed by atoms with Crippen molar-refractivity contribution in [3.8, 4) is 33.4 Å². The van der Waals surface area contributed by atoms with Gasteiger partial charge in [-0.05, 0) is 85.1 Å². The van der Waals surface area contributed by atoms with Gasteiger partial charge in [-0.2, -0.15) is 0 Å². The molecular formula is C46H26O2S. The highest BCUT2D eigenvalue weighted by molar-refractivity contribution is 7.17. The van der Waals surface area contributed by atoms with Gasteiger partial charge in [0.25, 0.3) is 0 Å². The molecule has 0 spiro atoms. The summed E-state index contributed by atoms with van der Waals surface area (Å²) in [6.07, 6.45) is 0. The predicted octanol–water partition coefficient (Wildman–Crippen LogP) is 14.0. The van der Waals surface area contributed by atoms with Gasteiger partial charge in [0.2, 0.25) is 0 Å². The number of para-hydroxylation sites is 1. The lowest BCUT2D eigenvalue weighted by molar-refractivity contribution is 0.656. The Labute approximate surface area is 285 Å². The number of hydrogen-bond donors (Lipinski definition) is 0. The van der Waals surface area contributed by atoms with E-state index in [9.17, 15) is 0 Å². The molecule has 3 aromatic heterocycles. The van der Waals surface area contributed by atoms with Gasteiger partial charge in [-0.15, -0.1) is 11.3 Å². The molecule has 0 fully saturated rings. The van der Waals surface area contributed by atoms with Crippen molar-refractivity contribution in [2.75, 3.05) is 0 Å². The van der Waals surface area contributed by atoms with Gasteiger partial charge >= 0.3 is 0 Å². The van der Waals surface area contributed by atoms with Crippen LogP contribution in [0.3, 0.4) is 0 Å². The van der Waals surface area contributed by atoms with Crippen LogP contribution in [0.2, 0.25) is 0 Å². The van der Waals surface area contributed by atoms with E-state index >= 15 is 0 Å². The summed E-state index contributed by atoms with van der Waals surface area (Å²) in [6, 6.07) is 54.4. The third-order valence-electron chi connectivity index (χ3n) is 10.2. The van der Waals surface area contributed by atoms with Crippen LogP contribution < -0.4 is 0 Å². The average Bonchev–Trinajstić information content (AvgIpc) is 3.88. The Balaban J connectivity index is 1.37. The fourth-order valence-electron chi connectivity index (χ4n) is 8.10. The first kappa shape index (κ1) is 26.9. The van der Waals surface area contributed by atoms with E-state index in [2.05, 4.69) is 151 Å². The Morgan fingerprint density at radius 3 is 1.69 bits per heavy atom. The van der Waals surface area contributed by atoms with Gasteiger partial charge in [-0.1, -0.05) is 115 Å². The summed E-state index contributed by atoms with van der Waals surface area (Å²) in [7, 11) is 0. The van der Waals surface area contributed by atoms with Crippen LogP contribution in [0.25, 0.3) is 109 Å². The van der Waals surface area contributed by atoms with Crippen LogP contribution in [0, 0.1) is 0 Å². The topological polar surface area (TPSA) is 26.3 Å². The zero-order chi connectivity index (χ0) is 32.1. The van der Waals surface area contributed by atoms with E-state index in [1.165, 1.54) is 53.9 Å². The molecule has 0 aliphatic rings.